The van der Waals surface area contributed by atoms with Gasteiger partial charge in [-0.05, 0) is 36.4 Å². The molecule has 0 atom stereocenters. The fraction of sp³-hybridized carbons (Fsp3) is 0.100. The summed E-state index contributed by atoms with van der Waals surface area (Å²) in [7, 11) is -3.82. The largest absolute Gasteiger partial charge is 0.460 e. The molecule has 3 heterocycles. The molecule has 0 aliphatic rings. The van der Waals surface area contributed by atoms with Gasteiger partial charge in [-0.3, -0.25) is 4.98 Å². The fourth-order valence-corrected chi connectivity index (χ4v) is 4.27. The van der Waals surface area contributed by atoms with E-state index in [9.17, 15) is 8.42 Å². The topological polar surface area (TPSA) is 102 Å². The van der Waals surface area contributed by atoms with Crippen LogP contribution < -0.4 is 5.73 Å². The van der Waals surface area contributed by atoms with Crippen LogP contribution in [0.25, 0.3) is 11.0 Å². The summed E-state index contributed by atoms with van der Waals surface area (Å²) in [6, 6.07) is 17.6. The summed E-state index contributed by atoms with van der Waals surface area (Å²) in [6.45, 7) is 0.113. The molecule has 28 heavy (non-hydrogen) atoms. The smallest absolute Gasteiger partial charge is 0.245 e. The summed E-state index contributed by atoms with van der Waals surface area (Å²) in [5, 5.41) is 0.915. The van der Waals surface area contributed by atoms with Crippen molar-refractivity contribution in [2.75, 3.05) is 5.73 Å². The maximum absolute atomic E-state index is 13.2. The van der Waals surface area contributed by atoms with Gasteiger partial charge in [0, 0.05) is 17.8 Å². The molecule has 0 aliphatic carbocycles. The number of nitrogens with two attached hydrogens (primary N) is 1. The minimum Gasteiger partial charge on any atom is -0.460 e. The minimum absolute atomic E-state index is 0.0549. The minimum atomic E-state index is -3.82. The van der Waals surface area contributed by atoms with Gasteiger partial charge in [0.2, 0.25) is 10.0 Å². The summed E-state index contributed by atoms with van der Waals surface area (Å²) in [5.41, 5.74) is 7.00. The number of fused-ring (bicyclic) bond motifs is 1. The third kappa shape index (κ3) is 3.73. The molecule has 1 aromatic carbocycles. The zero-order valence-electron chi connectivity index (χ0n) is 14.9. The van der Waals surface area contributed by atoms with Gasteiger partial charge in [-0.15, -0.1) is 0 Å². The number of hydrogen-bond acceptors (Lipinski definition) is 6. The molecule has 0 spiro atoms. The van der Waals surface area contributed by atoms with Crippen molar-refractivity contribution in [3.63, 3.8) is 0 Å². The van der Waals surface area contributed by atoms with Crippen LogP contribution in [0, 0.1) is 0 Å². The van der Waals surface area contributed by atoms with E-state index in [0.29, 0.717) is 22.9 Å². The molecule has 4 aromatic rings. The molecular weight excluding hydrogens is 376 g/mol. The number of furan rings is 1. The standard InChI is InChI=1S/C20H18N4O3S/c21-20-9-3-6-16(23-20)13-24(28(25,26)18-7-4-10-22-12-18)14-17-11-15-5-1-2-8-19(15)27-17/h1-12H,13-14H2,(H2,21,23). The SMILES string of the molecule is Nc1cccc(CN(Cc2cc3ccccc3o2)S(=O)(=O)c2cccnc2)n1. The fourth-order valence-electron chi connectivity index (χ4n) is 2.93. The average Bonchev–Trinajstić information content (AvgIpc) is 3.11. The molecular formula is C20H18N4O3S. The van der Waals surface area contributed by atoms with E-state index in [-0.39, 0.29) is 18.0 Å². The Morgan fingerprint density at radius 3 is 2.61 bits per heavy atom. The number of nitrogens with zero attached hydrogens (tertiary/aromatic N) is 3. The lowest BCUT2D eigenvalue weighted by Gasteiger charge is -2.21. The number of pyridine rings is 2. The molecule has 0 radical (unpaired) electrons. The third-order valence-corrected chi connectivity index (χ3v) is 6.02. The number of rotatable bonds is 6. The van der Waals surface area contributed by atoms with Crippen LogP contribution in [0.2, 0.25) is 0 Å². The van der Waals surface area contributed by atoms with Gasteiger partial charge in [-0.2, -0.15) is 4.31 Å². The highest BCUT2D eigenvalue weighted by Crippen LogP contribution is 2.24. The molecule has 0 fully saturated rings. The summed E-state index contributed by atoms with van der Waals surface area (Å²) >= 11 is 0. The Morgan fingerprint density at radius 1 is 1.00 bits per heavy atom. The van der Waals surface area contributed by atoms with E-state index < -0.39 is 10.0 Å². The second-order valence-electron chi connectivity index (χ2n) is 6.27. The van der Waals surface area contributed by atoms with Crippen molar-refractivity contribution in [1.82, 2.24) is 14.3 Å². The Balaban J connectivity index is 1.72. The maximum Gasteiger partial charge on any atom is 0.245 e. The number of aromatic nitrogens is 2. The average molecular weight is 394 g/mol. The van der Waals surface area contributed by atoms with Crippen molar-refractivity contribution in [3.8, 4) is 0 Å². The number of hydrogen-bond donors (Lipinski definition) is 1. The Bertz CT molecular complexity index is 1170. The van der Waals surface area contributed by atoms with Gasteiger partial charge in [-0.1, -0.05) is 24.3 Å². The van der Waals surface area contributed by atoms with Crippen LogP contribution in [0.4, 0.5) is 5.82 Å². The van der Waals surface area contributed by atoms with Crippen molar-refractivity contribution in [2.24, 2.45) is 0 Å². The van der Waals surface area contributed by atoms with Crippen molar-refractivity contribution in [3.05, 3.63) is 84.5 Å². The lowest BCUT2D eigenvalue weighted by Crippen LogP contribution is -2.30. The molecule has 4 rings (SSSR count). The van der Waals surface area contributed by atoms with Crippen molar-refractivity contribution < 1.29 is 12.8 Å². The predicted octanol–water partition coefficient (Wildman–Crippen LogP) is 3.20. The molecule has 2 N–H and O–H groups in total. The monoisotopic (exact) mass is 394 g/mol. The number of nitrogen functional groups attached to an aromatic ring is 1. The Morgan fingerprint density at radius 2 is 1.86 bits per heavy atom. The summed E-state index contributed by atoms with van der Waals surface area (Å²) in [6.07, 6.45) is 2.86. The molecule has 0 aliphatic heterocycles. The summed E-state index contributed by atoms with van der Waals surface area (Å²) in [5.74, 6) is 0.873. The number of para-hydroxylation sites is 1. The zero-order valence-corrected chi connectivity index (χ0v) is 15.7. The van der Waals surface area contributed by atoms with Crippen LogP contribution in [0.3, 0.4) is 0 Å². The molecule has 0 saturated heterocycles. The zero-order chi connectivity index (χ0) is 19.6. The second-order valence-corrected chi connectivity index (χ2v) is 8.20. The highest BCUT2D eigenvalue weighted by atomic mass is 32.2. The van der Waals surface area contributed by atoms with Crippen LogP contribution in [0.1, 0.15) is 11.5 Å². The van der Waals surface area contributed by atoms with Gasteiger partial charge < -0.3 is 10.2 Å². The highest BCUT2D eigenvalue weighted by Gasteiger charge is 2.27. The van der Waals surface area contributed by atoms with E-state index in [1.54, 1.807) is 24.3 Å². The van der Waals surface area contributed by atoms with Crippen LogP contribution in [-0.4, -0.2) is 22.7 Å². The first-order valence-corrected chi connectivity index (χ1v) is 10.1. The van der Waals surface area contributed by atoms with E-state index in [1.165, 1.54) is 22.8 Å². The molecule has 7 nitrogen and oxygen atoms in total. The van der Waals surface area contributed by atoms with Gasteiger partial charge in [0.1, 0.15) is 22.1 Å². The van der Waals surface area contributed by atoms with Gasteiger partial charge in [-0.25, -0.2) is 13.4 Å². The molecule has 0 saturated carbocycles. The maximum atomic E-state index is 13.2. The number of anilines is 1. The molecule has 0 amide bonds. The van der Waals surface area contributed by atoms with E-state index >= 15 is 0 Å². The Hall–Kier alpha value is -3.23. The van der Waals surface area contributed by atoms with Gasteiger partial charge in [0.25, 0.3) is 0 Å². The van der Waals surface area contributed by atoms with Crippen LogP contribution in [0.5, 0.6) is 0 Å². The van der Waals surface area contributed by atoms with Crippen molar-refractivity contribution >= 4 is 26.8 Å². The van der Waals surface area contributed by atoms with Crippen molar-refractivity contribution in [1.29, 1.82) is 0 Å². The van der Waals surface area contributed by atoms with E-state index in [1.807, 2.05) is 30.3 Å². The first-order valence-electron chi connectivity index (χ1n) is 8.61. The van der Waals surface area contributed by atoms with E-state index in [2.05, 4.69) is 9.97 Å². The van der Waals surface area contributed by atoms with Crippen LogP contribution in [0.15, 0.2) is 82.4 Å². The molecule has 142 valence electrons. The summed E-state index contributed by atoms with van der Waals surface area (Å²) in [4.78, 5) is 8.27. The molecule has 3 aromatic heterocycles. The van der Waals surface area contributed by atoms with Gasteiger partial charge in [0.05, 0.1) is 18.8 Å². The lowest BCUT2D eigenvalue weighted by atomic mass is 10.2. The van der Waals surface area contributed by atoms with Gasteiger partial charge >= 0.3 is 0 Å². The summed E-state index contributed by atoms with van der Waals surface area (Å²) < 4.78 is 33.6. The van der Waals surface area contributed by atoms with Crippen LogP contribution >= 0.6 is 0 Å². The first-order chi connectivity index (χ1) is 13.5. The number of sulfonamides is 1. The molecule has 0 unspecified atom stereocenters. The Kier molecular flexibility index (Phi) is 4.81. The second kappa shape index (κ2) is 7.41. The molecule has 8 heteroatoms. The van der Waals surface area contributed by atoms with Gasteiger partial charge in [0.15, 0.2) is 0 Å². The lowest BCUT2D eigenvalue weighted by molar-refractivity contribution is 0.362. The van der Waals surface area contributed by atoms with Crippen LogP contribution in [-0.2, 0) is 23.1 Å². The molecule has 0 bridgehead atoms. The normalized spacial score (nSPS) is 11.9. The van der Waals surface area contributed by atoms with Crippen molar-refractivity contribution in [2.45, 2.75) is 18.0 Å². The predicted molar refractivity (Wildman–Crippen MR) is 106 cm³/mol. The van der Waals surface area contributed by atoms with E-state index in [0.717, 1.165) is 5.39 Å². The third-order valence-electron chi connectivity index (χ3n) is 4.25. The Labute approximate surface area is 162 Å². The van der Waals surface area contributed by atoms with E-state index in [4.69, 9.17) is 10.2 Å². The quantitative estimate of drug-likeness (QED) is 0.539. The number of benzene rings is 1. The highest BCUT2D eigenvalue weighted by molar-refractivity contribution is 7.89. The first kappa shape index (κ1) is 18.1.